The summed E-state index contributed by atoms with van der Waals surface area (Å²) < 4.78 is 0. The van der Waals surface area contributed by atoms with Crippen LogP contribution in [0.2, 0.25) is 0 Å². The Hall–Kier alpha value is -2.83. The van der Waals surface area contributed by atoms with Crippen LogP contribution in [-0.2, 0) is 25.6 Å². The van der Waals surface area contributed by atoms with Crippen LogP contribution in [0.4, 0.5) is 0 Å². The van der Waals surface area contributed by atoms with Crippen molar-refractivity contribution in [3.05, 3.63) is 29.8 Å². The van der Waals surface area contributed by atoms with Crippen molar-refractivity contribution in [3.8, 4) is 5.75 Å². The first kappa shape index (κ1) is 27.4. The molecule has 34 heavy (non-hydrogen) atoms. The highest BCUT2D eigenvalue weighted by atomic mass is 32.2. The fraction of sp³-hybridized carbons (Fsp3) is 0.545. The predicted octanol–water partition coefficient (Wildman–Crippen LogP) is -0.947. The number of aromatic hydroxyl groups is 1. The zero-order chi connectivity index (χ0) is 25.3. The van der Waals surface area contributed by atoms with Crippen molar-refractivity contribution >= 4 is 35.5 Å². The zero-order valence-corrected chi connectivity index (χ0v) is 19.8. The fourth-order valence-electron chi connectivity index (χ4n) is 3.71. The van der Waals surface area contributed by atoms with Crippen molar-refractivity contribution in [2.75, 3.05) is 25.2 Å². The number of aliphatic carboxylic acids is 1. The second-order valence-corrected chi connectivity index (χ2v) is 9.08. The standard InChI is InChI=1S/C22H32N4O7S/c1-34-10-8-16(24-19(29)15(23)11-13-4-6-14(28)7-5-13)20(30)25-17(12-27)21(31)26-9-2-3-18(26)22(32)33/h4-7,15-18,27-28H,2-3,8-12,23H2,1H3,(H,24,29)(H,25,30)(H,32,33). The molecule has 11 nitrogen and oxygen atoms in total. The minimum atomic E-state index is -1.33. The van der Waals surface area contributed by atoms with Gasteiger partial charge in [-0.3, -0.25) is 14.4 Å². The van der Waals surface area contributed by atoms with Gasteiger partial charge in [-0.15, -0.1) is 0 Å². The number of benzene rings is 1. The number of carboxylic acids is 1. The molecule has 2 rings (SSSR count). The van der Waals surface area contributed by atoms with Crippen molar-refractivity contribution in [2.24, 2.45) is 5.73 Å². The van der Waals surface area contributed by atoms with Crippen molar-refractivity contribution in [3.63, 3.8) is 0 Å². The van der Waals surface area contributed by atoms with E-state index in [0.29, 0.717) is 18.6 Å². The number of carbonyl (C=O) groups is 4. The summed E-state index contributed by atoms with van der Waals surface area (Å²) in [6, 6.07) is 1.97. The van der Waals surface area contributed by atoms with Gasteiger partial charge in [-0.1, -0.05) is 12.1 Å². The molecule has 4 unspecified atom stereocenters. The molecule has 0 saturated carbocycles. The van der Waals surface area contributed by atoms with Crippen molar-refractivity contribution in [1.29, 1.82) is 0 Å². The maximum absolute atomic E-state index is 12.9. The van der Waals surface area contributed by atoms with Crippen LogP contribution in [0.1, 0.15) is 24.8 Å². The topological polar surface area (TPSA) is 182 Å². The van der Waals surface area contributed by atoms with Crippen LogP contribution in [0.3, 0.4) is 0 Å². The molecule has 1 aliphatic rings. The van der Waals surface area contributed by atoms with E-state index in [0.717, 1.165) is 10.5 Å². The quantitative estimate of drug-likeness (QED) is 0.212. The van der Waals surface area contributed by atoms with Crippen LogP contribution in [-0.4, -0.2) is 93.2 Å². The first-order chi connectivity index (χ1) is 16.2. The molecule has 0 aliphatic carbocycles. The Bertz CT molecular complexity index is 867. The monoisotopic (exact) mass is 496 g/mol. The number of hydrogen-bond donors (Lipinski definition) is 6. The highest BCUT2D eigenvalue weighted by Crippen LogP contribution is 2.18. The first-order valence-corrected chi connectivity index (χ1v) is 12.3. The highest BCUT2D eigenvalue weighted by molar-refractivity contribution is 7.98. The van der Waals surface area contributed by atoms with Crippen LogP contribution in [0.25, 0.3) is 0 Å². The Labute approximate surface area is 202 Å². The second-order valence-electron chi connectivity index (χ2n) is 8.09. The molecular formula is C22H32N4O7S. The van der Waals surface area contributed by atoms with Crippen molar-refractivity contribution < 1.29 is 34.5 Å². The number of phenols is 1. The average molecular weight is 497 g/mol. The summed E-state index contributed by atoms with van der Waals surface area (Å²) in [7, 11) is 0. The van der Waals surface area contributed by atoms with Gasteiger partial charge in [-0.05, 0) is 55.4 Å². The lowest BCUT2D eigenvalue weighted by atomic mass is 10.0. The van der Waals surface area contributed by atoms with Crippen LogP contribution in [0.15, 0.2) is 24.3 Å². The van der Waals surface area contributed by atoms with Crippen LogP contribution >= 0.6 is 11.8 Å². The summed E-state index contributed by atoms with van der Waals surface area (Å²) in [5, 5.41) is 33.4. The summed E-state index contributed by atoms with van der Waals surface area (Å²) in [6.45, 7) is -0.488. The minimum absolute atomic E-state index is 0.0900. The fourth-order valence-corrected chi connectivity index (χ4v) is 4.18. The molecule has 0 radical (unpaired) electrons. The van der Waals surface area contributed by atoms with Crippen molar-refractivity contribution in [1.82, 2.24) is 15.5 Å². The maximum atomic E-state index is 12.9. The summed E-state index contributed by atoms with van der Waals surface area (Å²) in [6.07, 6.45) is 3.11. The number of rotatable bonds is 12. The van der Waals surface area contributed by atoms with Gasteiger partial charge in [0.05, 0.1) is 12.6 Å². The molecular weight excluding hydrogens is 464 g/mol. The summed E-state index contributed by atoms with van der Waals surface area (Å²) in [5.74, 6) is -2.42. The Morgan fingerprint density at radius 2 is 1.79 bits per heavy atom. The van der Waals surface area contributed by atoms with E-state index in [1.807, 2.05) is 6.26 Å². The van der Waals surface area contributed by atoms with Gasteiger partial charge in [0.25, 0.3) is 0 Å². The number of nitrogens with two attached hydrogens (primary N) is 1. The molecule has 1 fully saturated rings. The van der Waals surface area contributed by atoms with E-state index in [2.05, 4.69) is 10.6 Å². The SMILES string of the molecule is CSCCC(NC(=O)C(N)Cc1ccc(O)cc1)C(=O)NC(CO)C(=O)N1CCCC1C(=O)O. The van der Waals surface area contributed by atoms with E-state index in [1.54, 1.807) is 12.1 Å². The molecule has 3 amide bonds. The molecule has 1 saturated heterocycles. The lowest BCUT2D eigenvalue weighted by molar-refractivity contribution is -0.150. The number of amides is 3. The highest BCUT2D eigenvalue weighted by Gasteiger charge is 2.38. The van der Waals surface area contributed by atoms with Gasteiger partial charge in [-0.2, -0.15) is 11.8 Å². The van der Waals surface area contributed by atoms with E-state index in [9.17, 15) is 34.5 Å². The number of thioether (sulfide) groups is 1. The van der Waals surface area contributed by atoms with E-state index < -0.39 is 54.5 Å². The summed E-state index contributed by atoms with van der Waals surface area (Å²) in [4.78, 5) is 50.9. The van der Waals surface area contributed by atoms with Gasteiger partial charge >= 0.3 is 5.97 Å². The molecule has 188 valence electrons. The Morgan fingerprint density at radius 1 is 1.15 bits per heavy atom. The molecule has 0 bridgehead atoms. The van der Waals surface area contributed by atoms with Gasteiger partial charge in [0.15, 0.2) is 0 Å². The normalized spacial score (nSPS) is 18.1. The molecule has 1 aromatic carbocycles. The third kappa shape index (κ3) is 7.61. The Morgan fingerprint density at radius 3 is 2.38 bits per heavy atom. The number of nitrogens with one attached hydrogen (secondary N) is 2. The molecule has 1 aromatic rings. The van der Waals surface area contributed by atoms with E-state index >= 15 is 0 Å². The largest absolute Gasteiger partial charge is 0.508 e. The lowest BCUT2D eigenvalue weighted by Crippen LogP contribution is -2.58. The third-order valence-electron chi connectivity index (χ3n) is 5.59. The molecule has 7 N–H and O–H groups in total. The van der Waals surface area contributed by atoms with Gasteiger partial charge in [0.2, 0.25) is 17.7 Å². The molecule has 4 atom stereocenters. The number of phenolic OH excluding ortho intramolecular Hbond substituents is 1. The molecule has 0 aromatic heterocycles. The van der Waals surface area contributed by atoms with E-state index in [-0.39, 0.29) is 25.1 Å². The number of aliphatic hydroxyl groups excluding tert-OH is 1. The number of carboxylic acid groups (broad SMARTS) is 1. The average Bonchev–Trinajstić information content (AvgIpc) is 3.31. The molecule has 0 spiro atoms. The predicted molar refractivity (Wildman–Crippen MR) is 126 cm³/mol. The van der Waals surface area contributed by atoms with Gasteiger partial charge in [0, 0.05) is 6.54 Å². The van der Waals surface area contributed by atoms with Crippen LogP contribution < -0.4 is 16.4 Å². The molecule has 1 aliphatic heterocycles. The molecule has 12 heteroatoms. The Balaban J connectivity index is 2.03. The van der Waals surface area contributed by atoms with Gasteiger partial charge in [-0.25, -0.2) is 4.79 Å². The second kappa shape index (κ2) is 13.2. The van der Waals surface area contributed by atoms with Gasteiger partial charge < -0.3 is 36.6 Å². The van der Waals surface area contributed by atoms with Crippen LogP contribution in [0.5, 0.6) is 5.75 Å². The summed E-state index contributed by atoms with van der Waals surface area (Å²) in [5.41, 5.74) is 6.73. The maximum Gasteiger partial charge on any atom is 0.326 e. The number of aliphatic hydroxyl groups is 1. The van der Waals surface area contributed by atoms with Gasteiger partial charge in [0.1, 0.15) is 23.9 Å². The first-order valence-electron chi connectivity index (χ1n) is 10.9. The Kier molecular flexibility index (Phi) is 10.6. The summed E-state index contributed by atoms with van der Waals surface area (Å²) >= 11 is 1.47. The lowest BCUT2D eigenvalue weighted by Gasteiger charge is -2.28. The number of nitrogens with zero attached hydrogens (tertiary/aromatic N) is 1. The van der Waals surface area contributed by atoms with Crippen LogP contribution in [0, 0.1) is 0 Å². The third-order valence-corrected chi connectivity index (χ3v) is 6.23. The number of carbonyl (C=O) groups excluding carboxylic acids is 3. The number of hydrogen-bond acceptors (Lipinski definition) is 8. The van der Waals surface area contributed by atoms with E-state index in [4.69, 9.17) is 5.73 Å². The zero-order valence-electron chi connectivity index (χ0n) is 19.0. The smallest absolute Gasteiger partial charge is 0.326 e. The minimum Gasteiger partial charge on any atom is -0.508 e. The molecule has 1 heterocycles. The van der Waals surface area contributed by atoms with E-state index in [1.165, 1.54) is 23.9 Å². The van der Waals surface area contributed by atoms with Crippen molar-refractivity contribution in [2.45, 2.75) is 49.9 Å². The number of likely N-dealkylation sites (tertiary alicyclic amines) is 1.